The summed E-state index contributed by atoms with van der Waals surface area (Å²) in [4.78, 5) is 50.4. The molecular weight excluding hydrogens is 706 g/mol. The Morgan fingerprint density at radius 1 is 0.981 bits per heavy atom. The molecule has 52 heavy (non-hydrogen) atoms. The Labute approximate surface area is 313 Å². The lowest BCUT2D eigenvalue weighted by molar-refractivity contribution is -0.138. The fraction of sp³-hybridized carbons (Fsp3) is 0.410. The van der Waals surface area contributed by atoms with Crippen molar-refractivity contribution in [3.8, 4) is 0 Å². The Bertz CT molecular complexity index is 1940. The first-order valence-corrected chi connectivity index (χ1v) is 18.4. The fourth-order valence-electron chi connectivity index (χ4n) is 6.66. The number of aryl methyl sites for hydroxylation is 1. The lowest BCUT2D eigenvalue weighted by Crippen LogP contribution is -2.67. The van der Waals surface area contributed by atoms with E-state index in [2.05, 4.69) is 31.2 Å². The van der Waals surface area contributed by atoms with E-state index >= 15 is 0 Å². The molecule has 0 saturated heterocycles. The lowest BCUT2D eigenvalue weighted by Gasteiger charge is -2.40. The number of carbonyl (C=O) groups excluding carboxylic acids is 3. The zero-order chi connectivity index (χ0) is 37.6. The molecule has 13 heteroatoms. The first-order valence-electron chi connectivity index (χ1n) is 17.7. The van der Waals surface area contributed by atoms with Crippen LogP contribution in [-0.4, -0.2) is 50.3 Å². The number of hydrogen-bond acceptors (Lipinski definition) is 5. The van der Waals surface area contributed by atoms with Gasteiger partial charge in [0, 0.05) is 42.9 Å². The van der Waals surface area contributed by atoms with E-state index in [0.29, 0.717) is 41.3 Å². The molecule has 0 radical (unpaired) electrons. The number of aromatic amines is 1. The molecule has 2 aromatic heterocycles. The highest BCUT2D eigenvalue weighted by atomic mass is 35.5. The predicted molar refractivity (Wildman–Crippen MR) is 203 cm³/mol. The number of H-pyrrole nitrogens is 1. The number of benzene rings is 2. The van der Waals surface area contributed by atoms with Gasteiger partial charge in [-0.15, -0.1) is 0 Å². The van der Waals surface area contributed by atoms with Crippen LogP contribution in [0, 0.1) is 23.5 Å². The van der Waals surface area contributed by atoms with Crippen molar-refractivity contribution in [3.63, 3.8) is 0 Å². The summed E-state index contributed by atoms with van der Waals surface area (Å²) in [6, 6.07) is 10.7. The maximum absolute atomic E-state index is 14.7. The minimum atomic E-state index is -1.53. The lowest BCUT2D eigenvalue weighted by atomic mass is 9.78. The van der Waals surface area contributed by atoms with Crippen molar-refractivity contribution in [1.82, 2.24) is 31.2 Å². The van der Waals surface area contributed by atoms with Crippen LogP contribution in [-0.2, 0) is 40.2 Å². The van der Waals surface area contributed by atoms with E-state index < -0.39 is 41.1 Å². The normalized spacial score (nSPS) is 17.7. The van der Waals surface area contributed by atoms with Gasteiger partial charge in [0.1, 0.15) is 29.3 Å². The Hall–Kier alpha value is -4.42. The third-order valence-electron chi connectivity index (χ3n) is 10.2. The van der Waals surface area contributed by atoms with Gasteiger partial charge in [0.15, 0.2) is 0 Å². The molecule has 2 aromatic carbocycles. The summed E-state index contributed by atoms with van der Waals surface area (Å²) >= 11 is 12.0. The molecule has 3 amide bonds. The van der Waals surface area contributed by atoms with E-state index in [4.69, 9.17) is 23.8 Å². The summed E-state index contributed by atoms with van der Waals surface area (Å²) in [5.41, 5.74) is 1.70. The van der Waals surface area contributed by atoms with E-state index in [9.17, 15) is 23.2 Å². The summed E-state index contributed by atoms with van der Waals surface area (Å²) in [5, 5.41) is 12.9. The van der Waals surface area contributed by atoms with Gasteiger partial charge in [0.25, 0.3) is 0 Å². The Morgan fingerprint density at radius 3 is 2.33 bits per heavy atom. The first-order chi connectivity index (χ1) is 24.8. The average Bonchev–Trinajstić information content (AvgIpc) is 3.50. The summed E-state index contributed by atoms with van der Waals surface area (Å²) in [6.07, 6.45) is 5.09. The number of thiocarbonyl (C=S) groups is 1. The van der Waals surface area contributed by atoms with Gasteiger partial charge in [-0.1, -0.05) is 82.6 Å². The molecule has 0 aliphatic heterocycles. The molecule has 0 spiro atoms. The van der Waals surface area contributed by atoms with E-state index in [0.717, 1.165) is 11.3 Å². The minimum absolute atomic E-state index is 0.0123. The van der Waals surface area contributed by atoms with Gasteiger partial charge in [0.2, 0.25) is 17.7 Å². The van der Waals surface area contributed by atoms with Gasteiger partial charge in [-0.05, 0) is 71.7 Å². The second kappa shape index (κ2) is 16.9. The zero-order valence-corrected chi connectivity index (χ0v) is 31.3. The number of halogens is 3. The van der Waals surface area contributed by atoms with E-state index in [1.165, 1.54) is 18.2 Å². The van der Waals surface area contributed by atoms with Crippen LogP contribution in [0.4, 0.5) is 8.78 Å². The topological polar surface area (TPSA) is 128 Å². The van der Waals surface area contributed by atoms with E-state index in [1.54, 1.807) is 42.7 Å². The van der Waals surface area contributed by atoms with Gasteiger partial charge >= 0.3 is 0 Å². The largest absolute Gasteiger partial charge is 0.368 e. The molecule has 5 N–H and O–H groups in total. The molecular formula is C39H45ClF2N6O3S. The number of carbonyl (C=O) groups is 3. The maximum Gasteiger partial charge on any atom is 0.246 e. The third-order valence-corrected chi connectivity index (χ3v) is 10.8. The van der Waals surface area contributed by atoms with Crippen LogP contribution >= 0.6 is 23.8 Å². The van der Waals surface area contributed by atoms with Crippen molar-refractivity contribution >= 4 is 57.4 Å². The summed E-state index contributed by atoms with van der Waals surface area (Å²) in [6.45, 7) is 7.89. The van der Waals surface area contributed by atoms with Crippen LogP contribution in [0.2, 0.25) is 5.02 Å². The van der Waals surface area contributed by atoms with Gasteiger partial charge < -0.3 is 26.3 Å². The number of fused-ring (bicyclic) bond motifs is 3. The van der Waals surface area contributed by atoms with E-state index in [-0.39, 0.29) is 53.6 Å². The second-order valence-electron chi connectivity index (χ2n) is 13.7. The Kier molecular flexibility index (Phi) is 12.6. The molecule has 4 aromatic rings. The Balaban J connectivity index is 1.47. The van der Waals surface area contributed by atoms with Crippen LogP contribution in [0.3, 0.4) is 0 Å². The van der Waals surface area contributed by atoms with Crippen molar-refractivity contribution in [2.75, 3.05) is 0 Å². The van der Waals surface area contributed by atoms with Crippen molar-refractivity contribution in [1.29, 1.82) is 0 Å². The Morgan fingerprint density at radius 2 is 1.65 bits per heavy atom. The van der Waals surface area contributed by atoms with Crippen LogP contribution < -0.4 is 21.3 Å². The van der Waals surface area contributed by atoms with Gasteiger partial charge in [-0.2, -0.15) is 0 Å². The first kappa shape index (κ1) is 38.8. The van der Waals surface area contributed by atoms with Crippen molar-refractivity contribution < 1.29 is 23.2 Å². The molecule has 0 bridgehead atoms. The van der Waals surface area contributed by atoms with Crippen LogP contribution in [0.1, 0.15) is 69.3 Å². The molecule has 2 unspecified atom stereocenters. The molecule has 9 nitrogen and oxygen atoms in total. The number of nitrogens with one attached hydrogen (secondary N) is 5. The molecule has 1 aliphatic carbocycles. The van der Waals surface area contributed by atoms with Gasteiger partial charge in [0.05, 0.1) is 15.5 Å². The number of rotatable bonds is 14. The standard InChI is InChI=1S/C39H45ClF2N6O3S/c1-5-22(3)33(36(49)44-21-24-12-15-43-16-13-24)47-38(51)39(14-11-31-28(20-39)27-18-26(41)19-29(40)35(27)45-31)48-37(50)34(23(4)6-2)46-32(52)17-25-9-7-8-10-30(25)42/h7-10,12-13,15-16,18-19,22-23,33-34,45H,5-6,11,14,17,20-21H2,1-4H3,(H,44,49)(H,46,52)(H,47,51)(H,48,50)/t22?,23?,33-,34-,39+/m0/s1. The third kappa shape index (κ3) is 8.78. The number of amides is 3. The molecule has 0 saturated carbocycles. The molecule has 2 heterocycles. The highest BCUT2D eigenvalue weighted by molar-refractivity contribution is 7.80. The molecule has 1 aliphatic rings. The molecule has 5 rings (SSSR count). The van der Waals surface area contributed by atoms with Crippen LogP contribution in [0.15, 0.2) is 60.9 Å². The highest BCUT2D eigenvalue weighted by Crippen LogP contribution is 2.37. The second-order valence-corrected chi connectivity index (χ2v) is 14.6. The molecule has 276 valence electrons. The number of pyridine rings is 1. The molecule has 5 atom stereocenters. The molecule has 0 fully saturated rings. The number of nitrogens with zero attached hydrogens (tertiary/aromatic N) is 1. The van der Waals surface area contributed by atoms with Crippen molar-refractivity contribution in [2.24, 2.45) is 11.8 Å². The summed E-state index contributed by atoms with van der Waals surface area (Å²) < 4.78 is 29.2. The summed E-state index contributed by atoms with van der Waals surface area (Å²) in [5.74, 6) is -2.79. The van der Waals surface area contributed by atoms with Crippen LogP contribution in [0.25, 0.3) is 10.9 Å². The van der Waals surface area contributed by atoms with Crippen LogP contribution in [0.5, 0.6) is 0 Å². The quantitative estimate of drug-likeness (QED) is 0.0969. The highest BCUT2D eigenvalue weighted by Gasteiger charge is 2.47. The summed E-state index contributed by atoms with van der Waals surface area (Å²) in [7, 11) is 0. The SMILES string of the molecule is CCC(C)[C@H](NC(=O)[C@@]1(NC(=O)[C@@H](NC(=S)Cc2ccccc2F)C(C)CC)CCc2[nH]c3c(Cl)cc(F)cc3c2C1)C(=O)NCc1ccncc1. The number of aromatic nitrogens is 2. The number of hydrogen-bond donors (Lipinski definition) is 5. The van der Waals surface area contributed by atoms with Gasteiger partial charge in [-0.25, -0.2) is 8.78 Å². The predicted octanol–water partition coefficient (Wildman–Crippen LogP) is 6.26. The van der Waals surface area contributed by atoms with E-state index in [1.807, 2.05) is 27.7 Å². The fourth-order valence-corrected chi connectivity index (χ4v) is 7.20. The van der Waals surface area contributed by atoms with Gasteiger partial charge in [-0.3, -0.25) is 19.4 Å². The van der Waals surface area contributed by atoms with Crippen molar-refractivity contribution in [3.05, 3.63) is 100.0 Å². The zero-order valence-electron chi connectivity index (χ0n) is 29.7. The maximum atomic E-state index is 14.7. The minimum Gasteiger partial charge on any atom is -0.368 e. The average molecular weight is 751 g/mol. The van der Waals surface area contributed by atoms with Crippen molar-refractivity contribution in [2.45, 2.75) is 90.4 Å². The monoisotopic (exact) mass is 750 g/mol. The smallest absolute Gasteiger partial charge is 0.246 e.